The van der Waals surface area contributed by atoms with Crippen LogP contribution in [0.25, 0.3) is 0 Å². The van der Waals surface area contributed by atoms with E-state index < -0.39 is 0 Å². The fourth-order valence-corrected chi connectivity index (χ4v) is 3.61. The molecule has 2 aromatic carbocycles. The Hall–Kier alpha value is -3.87. The van der Waals surface area contributed by atoms with Crippen LogP contribution in [0.3, 0.4) is 0 Å². The molecule has 5 N–H and O–H groups in total. The summed E-state index contributed by atoms with van der Waals surface area (Å²) in [6.07, 6.45) is 3.16. The van der Waals surface area contributed by atoms with Crippen molar-refractivity contribution in [3.8, 4) is 0 Å². The van der Waals surface area contributed by atoms with Crippen molar-refractivity contribution < 1.29 is 4.79 Å². The molecule has 7 heteroatoms. The van der Waals surface area contributed by atoms with E-state index in [0.29, 0.717) is 12.1 Å². The first kappa shape index (κ1) is 22.8. The lowest BCUT2D eigenvalue weighted by Gasteiger charge is -2.21. The fraction of sp³-hybridized carbons (Fsp3) is 0.240. The first-order valence-corrected chi connectivity index (χ1v) is 10.6. The molecular weight excluding hydrogens is 402 g/mol. The van der Waals surface area contributed by atoms with Crippen molar-refractivity contribution in [1.29, 1.82) is 0 Å². The van der Waals surface area contributed by atoms with Gasteiger partial charge in [-0.25, -0.2) is 0 Å². The molecule has 166 valence electrons. The lowest BCUT2D eigenvalue weighted by molar-refractivity contribution is 0.0937. The SMILES string of the molecule is CC(CCCN=C(N)N)NC(=O)c1ccn(C(c2ccccc2)c2ccccc2)c(=O)c1. The highest BCUT2D eigenvalue weighted by Crippen LogP contribution is 2.25. The number of nitrogens with two attached hydrogens (primary N) is 2. The summed E-state index contributed by atoms with van der Waals surface area (Å²) in [6.45, 7) is 2.43. The Labute approximate surface area is 187 Å². The quantitative estimate of drug-likeness (QED) is 0.274. The lowest BCUT2D eigenvalue weighted by Crippen LogP contribution is -2.34. The van der Waals surface area contributed by atoms with Crippen LogP contribution < -0.4 is 22.3 Å². The van der Waals surface area contributed by atoms with E-state index in [1.54, 1.807) is 16.8 Å². The van der Waals surface area contributed by atoms with Gasteiger partial charge >= 0.3 is 0 Å². The highest BCUT2D eigenvalue weighted by molar-refractivity contribution is 5.94. The number of rotatable bonds is 9. The summed E-state index contributed by atoms with van der Waals surface area (Å²) in [6, 6.07) is 22.4. The van der Waals surface area contributed by atoms with E-state index >= 15 is 0 Å². The van der Waals surface area contributed by atoms with Gasteiger partial charge in [0.25, 0.3) is 11.5 Å². The highest BCUT2D eigenvalue weighted by Gasteiger charge is 2.18. The molecule has 0 fully saturated rings. The van der Waals surface area contributed by atoms with Gasteiger partial charge in [0.2, 0.25) is 0 Å². The molecule has 1 aromatic heterocycles. The summed E-state index contributed by atoms with van der Waals surface area (Å²) in [5.41, 5.74) is 12.7. The second-order valence-electron chi connectivity index (χ2n) is 7.71. The van der Waals surface area contributed by atoms with Crippen molar-refractivity contribution in [3.05, 3.63) is 106 Å². The number of carbonyl (C=O) groups excluding carboxylic acids is 1. The van der Waals surface area contributed by atoms with Gasteiger partial charge in [0, 0.05) is 30.4 Å². The average molecular weight is 432 g/mol. The zero-order valence-electron chi connectivity index (χ0n) is 18.1. The third-order valence-electron chi connectivity index (χ3n) is 5.19. The number of benzene rings is 2. The van der Waals surface area contributed by atoms with Gasteiger partial charge in [-0.2, -0.15) is 0 Å². The summed E-state index contributed by atoms with van der Waals surface area (Å²) in [5, 5.41) is 2.93. The van der Waals surface area contributed by atoms with Crippen LogP contribution in [0.4, 0.5) is 0 Å². The van der Waals surface area contributed by atoms with E-state index in [4.69, 9.17) is 11.5 Å². The monoisotopic (exact) mass is 431 g/mol. The number of nitrogens with one attached hydrogen (secondary N) is 1. The Morgan fingerprint density at radius 1 is 1.00 bits per heavy atom. The lowest BCUT2D eigenvalue weighted by atomic mass is 9.98. The molecule has 0 saturated carbocycles. The maximum Gasteiger partial charge on any atom is 0.252 e. The maximum atomic E-state index is 13.0. The Morgan fingerprint density at radius 3 is 2.12 bits per heavy atom. The summed E-state index contributed by atoms with van der Waals surface area (Å²) >= 11 is 0. The minimum absolute atomic E-state index is 0.0616. The van der Waals surface area contributed by atoms with Crippen molar-refractivity contribution in [2.45, 2.75) is 31.8 Å². The second kappa shape index (κ2) is 10.9. The Bertz CT molecular complexity index is 1070. The van der Waals surface area contributed by atoms with E-state index in [2.05, 4.69) is 10.3 Å². The van der Waals surface area contributed by atoms with E-state index in [1.165, 1.54) is 6.07 Å². The molecule has 3 aromatic rings. The third-order valence-corrected chi connectivity index (χ3v) is 5.19. The van der Waals surface area contributed by atoms with Crippen molar-refractivity contribution in [3.63, 3.8) is 0 Å². The van der Waals surface area contributed by atoms with E-state index in [0.717, 1.165) is 24.0 Å². The molecule has 7 nitrogen and oxygen atoms in total. The number of guanidine groups is 1. The Morgan fingerprint density at radius 2 is 1.59 bits per heavy atom. The van der Waals surface area contributed by atoms with E-state index in [9.17, 15) is 9.59 Å². The summed E-state index contributed by atoms with van der Waals surface area (Å²) in [4.78, 5) is 29.6. The molecule has 0 radical (unpaired) electrons. The molecule has 0 bridgehead atoms. The van der Waals surface area contributed by atoms with Crippen LogP contribution in [0.2, 0.25) is 0 Å². The molecule has 0 aliphatic carbocycles. The maximum absolute atomic E-state index is 13.0. The topological polar surface area (TPSA) is 116 Å². The number of hydrogen-bond acceptors (Lipinski definition) is 3. The van der Waals surface area contributed by atoms with Gasteiger partial charge < -0.3 is 21.4 Å². The molecule has 1 heterocycles. The van der Waals surface area contributed by atoms with E-state index in [1.807, 2.05) is 67.6 Å². The standard InChI is InChI=1S/C25H29N5O2/c1-18(9-8-15-28-25(26)27)29-24(32)21-14-16-30(22(31)17-21)23(19-10-4-2-5-11-19)20-12-6-3-7-13-20/h2-7,10-14,16-18,23H,8-9,15H2,1H3,(H,29,32)(H4,26,27,28). The van der Waals surface area contributed by atoms with Crippen LogP contribution in [0.1, 0.15) is 47.3 Å². The number of carbonyl (C=O) groups is 1. The molecule has 32 heavy (non-hydrogen) atoms. The highest BCUT2D eigenvalue weighted by atomic mass is 16.2. The number of amides is 1. The molecule has 1 unspecified atom stereocenters. The van der Waals surface area contributed by atoms with E-state index in [-0.39, 0.29) is 29.5 Å². The van der Waals surface area contributed by atoms with Gasteiger partial charge in [-0.3, -0.25) is 14.6 Å². The van der Waals surface area contributed by atoms with Crippen molar-refractivity contribution in [1.82, 2.24) is 9.88 Å². The molecule has 0 spiro atoms. The summed E-state index contributed by atoms with van der Waals surface area (Å²) < 4.78 is 1.65. The van der Waals surface area contributed by atoms with Gasteiger partial charge in [0.15, 0.2) is 5.96 Å². The zero-order valence-corrected chi connectivity index (χ0v) is 18.1. The molecular formula is C25H29N5O2. The average Bonchev–Trinajstić information content (AvgIpc) is 2.79. The van der Waals surface area contributed by atoms with Gasteiger partial charge in [-0.1, -0.05) is 60.7 Å². The molecule has 1 atom stereocenters. The van der Waals surface area contributed by atoms with Crippen LogP contribution in [0.5, 0.6) is 0 Å². The predicted octanol–water partition coefficient (Wildman–Crippen LogP) is 2.66. The van der Waals surface area contributed by atoms with Gasteiger partial charge in [0.05, 0.1) is 6.04 Å². The van der Waals surface area contributed by atoms with Crippen LogP contribution in [0, 0.1) is 0 Å². The number of aliphatic imine (C=N–C) groups is 1. The molecule has 3 rings (SSSR count). The smallest absolute Gasteiger partial charge is 0.252 e. The predicted molar refractivity (Wildman–Crippen MR) is 128 cm³/mol. The summed E-state index contributed by atoms with van der Waals surface area (Å²) in [7, 11) is 0. The Balaban J connectivity index is 1.78. The number of pyridine rings is 1. The Kier molecular flexibility index (Phi) is 7.80. The number of hydrogen-bond donors (Lipinski definition) is 3. The zero-order chi connectivity index (χ0) is 22.9. The van der Waals surface area contributed by atoms with Gasteiger partial charge in [-0.15, -0.1) is 0 Å². The van der Waals surface area contributed by atoms with Crippen molar-refractivity contribution >= 4 is 11.9 Å². The normalized spacial score (nSPS) is 11.7. The first-order valence-electron chi connectivity index (χ1n) is 10.6. The number of aromatic nitrogens is 1. The number of nitrogens with zero attached hydrogens (tertiary/aromatic N) is 2. The van der Waals surface area contributed by atoms with Gasteiger partial charge in [0.1, 0.15) is 0 Å². The van der Waals surface area contributed by atoms with Gasteiger partial charge in [-0.05, 0) is 37.0 Å². The molecule has 0 saturated heterocycles. The molecule has 1 amide bonds. The fourth-order valence-electron chi connectivity index (χ4n) is 3.61. The van der Waals surface area contributed by atoms with Crippen LogP contribution in [-0.4, -0.2) is 29.0 Å². The largest absolute Gasteiger partial charge is 0.370 e. The van der Waals surface area contributed by atoms with Crippen LogP contribution in [0.15, 0.2) is 88.8 Å². The minimum Gasteiger partial charge on any atom is -0.370 e. The first-order chi connectivity index (χ1) is 15.5. The van der Waals surface area contributed by atoms with Crippen molar-refractivity contribution in [2.24, 2.45) is 16.5 Å². The third kappa shape index (κ3) is 6.07. The summed E-state index contributed by atoms with van der Waals surface area (Å²) in [5.74, 6) is -0.217. The second-order valence-corrected chi connectivity index (χ2v) is 7.71. The molecule has 0 aliphatic rings. The minimum atomic E-state index is -0.281. The molecule has 0 aliphatic heterocycles. The van der Waals surface area contributed by atoms with Crippen LogP contribution in [-0.2, 0) is 0 Å². The van der Waals surface area contributed by atoms with Crippen molar-refractivity contribution in [2.75, 3.05) is 6.54 Å². The van der Waals surface area contributed by atoms with Crippen LogP contribution >= 0.6 is 0 Å².